The van der Waals surface area contributed by atoms with Gasteiger partial charge in [0.2, 0.25) is 5.91 Å². The highest BCUT2D eigenvalue weighted by Gasteiger charge is 2.22. The highest BCUT2D eigenvalue weighted by molar-refractivity contribution is 5.95. The molecule has 5 N–H and O–H groups in total. The van der Waals surface area contributed by atoms with Gasteiger partial charge in [0.1, 0.15) is 11.7 Å². The van der Waals surface area contributed by atoms with Gasteiger partial charge in [-0.3, -0.25) is 14.7 Å². The average Bonchev–Trinajstić information content (AvgIpc) is 2.70. The molecule has 0 aliphatic rings. The van der Waals surface area contributed by atoms with Crippen LogP contribution >= 0.6 is 0 Å². The third-order valence-electron chi connectivity index (χ3n) is 2.22. The first-order valence-electron chi connectivity index (χ1n) is 5.24. The number of carboxylic acids is 1. The molecule has 1 aromatic heterocycles. The molecule has 2 amide bonds. The van der Waals surface area contributed by atoms with Gasteiger partial charge in [-0.1, -0.05) is 0 Å². The maximum Gasteiger partial charge on any atom is 0.326 e. The number of nitrogens with one attached hydrogen (secondary N) is 2. The van der Waals surface area contributed by atoms with Crippen LogP contribution in [0.5, 0.6) is 0 Å². The third-order valence-corrected chi connectivity index (χ3v) is 2.22. The summed E-state index contributed by atoms with van der Waals surface area (Å²) in [5.74, 6) is -2.46. The normalized spacial score (nSPS) is 11.8. The molecule has 0 bridgehead atoms. The van der Waals surface area contributed by atoms with Crippen LogP contribution in [0.1, 0.15) is 29.0 Å². The number of carboxylic acid groups (broad SMARTS) is 1. The van der Waals surface area contributed by atoms with Gasteiger partial charge in [0.15, 0.2) is 0 Å². The summed E-state index contributed by atoms with van der Waals surface area (Å²) in [5, 5.41) is 17.4. The summed E-state index contributed by atoms with van der Waals surface area (Å²) in [7, 11) is 0. The monoisotopic (exact) mass is 254 g/mol. The van der Waals surface area contributed by atoms with E-state index in [0.29, 0.717) is 5.69 Å². The molecule has 0 aliphatic heterocycles. The molecule has 0 aliphatic carbocycles. The van der Waals surface area contributed by atoms with Crippen LogP contribution in [0, 0.1) is 6.92 Å². The van der Waals surface area contributed by atoms with Gasteiger partial charge >= 0.3 is 5.97 Å². The van der Waals surface area contributed by atoms with E-state index in [4.69, 9.17) is 10.8 Å². The lowest BCUT2D eigenvalue weighted by atomic mass is 10.1. The lowest BCUT2D eigenvalue weighted by Gasteiger charge is -2.12. The topological polar surface area (TPSA) is 138 Å². The molecule has 0 aromatic carbocycles. The molecular weight excluding hydrogens is 240 g/mol. The smallest absolute Gasteiger partial charge is 0.326 e. The van der Waals surface area contributed by atoms with Gasteiger partial charge in [-0.25, -0.2) is 4.79 Å². The quantitative estimate of drug-likeness (QED) is 0.524. The number of amides is 2. The molecule has 18 heavy (non-hydrogen) atoms. The Kier molecular flexibility index (Phi) is 4.41. The number of aromatic nitrogens is 2. The van der Waals surface area contributed by atoms with Gasteiger partial charge in [0.05, 0.1) is 0 Å². The molecule has 1 atom stereocenters. The number of nitrogens with two attached hydrogens (primary N) is 1. The third kappa shape index (κ3) is 3.89. The summed E-state index contributed by atoms with van der Waals surface area (Å²) >= 11 is 0. The summed E-state index contributed by atoms with van der Waals surface area (Å²) in [4.78, 5) is 33.1. The molecule has 1 rings (SSSR count). The number of carbonyl (C=O) groups excluding carboxylic acids is 2. The van der Waals surface area contributed by atoms with Crippen LogP contribution in [0.2, 0.25) is 0 Å². The Morgan fingerprint density at radius 2 is 2.22 bits per heavy atom. The molecule has 0 spiro atoms. The zero-order chi connectivity index (χ0) is 13.7. The zero-order valence-electron chi connectivity index (χ0n) is 9.77. The second-order valence-electron chi connectivity index (χ2n) is 3.81. The van der Waals surface area contributed by atoms with Gasteiger partial charge in [-0.15, -0.1) is 0 Å². The van der Waals surface area contributed by atoms with Crippen molar-refractivity contribution in [3.8, 4) is 0 Å². The van der Waals surface area contributed by atoms with Crippen molar-refractivity contribution in [3.05, 3.63) is 17.5 Å². The number of hydrogen-bond acceptors (Lipinski definition) is 4. The summed E-state index contributed by atoms with van der Waals surface area (Å²) < 4.78 is 0. The number of hydrogen-bond donors (Lipinski definition) is 4. The lowest BCUT2D eigenvalue weighted by Crippen LogP contribution is -2.41. The molecule has 0 saturated carbocycles. The number of primary amides is 1. The summed E-state index contributed by atoms with van der Waals surface area (Å²) in [6, 6.07) is 0.324. The van der Waals surface area contributed by atoms with E-state index in [-0.39, 0.29) is 18.5 Å². The number of aliphatic carboxylic acids is 1. The van der Waals surface area contributed by atoms with Gasteiger partial charge in [0.25, 0.3) is 5.91 Å². The Morgan fingerprint density at radius 3 is 2.67 bits per heavy atom. The molecular formula is C10H14N4O4. The fourth-order valence-electron chi connectivity index (χ4n) is 1.31. The van der Waals surface area contributed by atoms with Gasteiger partial charge in [-0.05, 0) is 19.4 Å². The van der Waals surface area contributed by atoms with Crippen molar-refractivity contribution in [1.82, 2.24) is 15.5 Å². The predicted octanol–water partition coefficient (Wildman–Crippen LogP) is -0.833. The second-order valence-corrected chi connectivity index (χ2v) is 3.81. The summed E-state index contributed by atoms with van der Waals surface area (Å²) in [6.07, 6.45) is -0.170. The lowest BCUT2D eigenvalue weighted by molar-refractivity contribution is -0.139. The number of rotatable bonds is 6. The van der Waals surface area contributed by atoms with E-state index >= 15 is 0 Å². The molecule has 0 radical (unpaired) electrons. The largest absolute Gasteiger partial charge is 0.480 e. The molecule has 8 nitrogen and oxygen atoms in total. The van der Waals surface area contributed by atoms with E-state index in [2.05, 4.69) is 15.5 Å². The molecule has 1 unspecified atom stereocenters. The minimum absolute atomic E-state index is 0.0557. The van der Waals surface area contributed by atoms with Crippen LogP contribution in [-0.4, -0.2) is 39.1 Å². The van der Waals surface area contributed by atoms with E-state index in [9.17, 15) is 14.4 Å². The summed E-state index contributed by atoms with van der Waals surface area (Å²) in [5.41, 5.74) is 5.70. The first-order chi connectivity index (χ1) is 8.40. The summed E-state index contributed by atoms with van der Waals surface area (Å²) in [6.45, 7) is 1.71. The molecule has 1 aromatic rings. The van der Waals surface area contributed by atoms with Crippen LogP contribution < -0.4 is 11.1 Å². The number of carbonyl (C=O) groups is 3. The number of nitrogens with zero attached hydrogens (tertiary/aromatic N) is 1. The van der Waals surface area contributed by atoms with Crippen molar-refractivity contribution in [2.24, 2.45) is 5.73 Å². The fraction of sp³-hybridized carbons (Fsp3) is 0.400. The van der Waals surface area contributed by atoms with Crippen molar-refractivity contribution in [2.75, 3.05) is 0 Å². The van der Waals surface area contributed by atoms with Crippen LogP contribution in [0.3, 0.4) is 0 Å². The van der Waals surface area contributed by atoms with Crippen LogP contribution in [0.4, 0.5) is 0 Å². The van der Waals surface area contributed by atoms with Crippen LogP contribution in [0.15, 0.2) is 6.07 Å². The van der Waals surface area contributed by atoms with Crippen LogP contribution in [-0.2, 0) is 9.59 Å². The zero-order valence-corrected chi connectivity index (χ0v) is 9.77. The van der Waals surface area contributed by atoms with Gasteiger partial charge in [-0.2, -0.15) is 5.10 Å². The van der Waals surface area contributed by atoms with E-state index in [0.717, 1.165) is 0 Å². The van der Waals surface area contributed by atoms with Crippen molar-refractivity contribution < 1.29 is 19.5 Å². The first-order valence-corrected chi connectivity index (χ1v) is 5.24. The Morgan fingerprint density at radius 1 is 1.56 bits per heavy atom. The van der Waals surface area contributed by atoms with E-state index in [1.165, 1.54) is 6.07 Å². The number of H-pyrrole nitrogens is 1. The molecule has 98 valence electrons. The molecule has 0 saturated heterocycles. The van der Waals surface area contributed by atoms with Crippen molar-refractivity contribution in [1.29, 1.82) is 0 Å². The number of aryl methyl sites for hydroxylation is 1. The Balaban J connectivity index is 2.63. The van der Waals surface area contributed by atoms with Crippen molar-refractivity contribution in [3.63, 3.8) is 0 Å². The SMILES string of the molecule is Cc1cc(C(=O)NC(CCC(N)=O)C(=O)O)n[nH]1. The van der Waals surface area contributed by atoms with Crippen molar-refractivity contribution in [2.45, 2.75) is 25.8 Å². The van der Waals surface area contributed by atoms with Gasteiger partial charge in [0, 0.05) is 12.1 Å². The highest BCUT2D eigenvalue weighted by Crippen LogP contribution is 2.02. The molecule has 0 fully saturated rings. The minimum atomic E-state index is -1.23. The van der Waals surface area contributed by atoms with Gasteiger partial charge < -0.3 is 16.2 Å². The highest BCUT2D eigenvalue weighted by atomic mass is 16.4. The number of aromatic amines is 1. The van der Waals surface area contributed by atoms with Crippen LogP contribution in [0.25, 0.3) is 0 Å². The van der Waals surface area contributed by atoms with Crippen molar-refractivity contribution >= 4 is 17.8 Å². The Labute approximate surface area is 103 Å². The molecule has 1 heterocycles. The standard InChI is InChI=1S/C10H14N4O4/c1-5-4-7(14-13-5)9(16)12-6(10(17)18)2-3-8(11)15/h4,6H,2-3H2,1H3,(H2,11,15)(H,12,16)(H,13,14)(H,17,18). The van der Waals surface area contributed by atoms with E-state index in [1.54, 1.807) is 6.92 Å². The average molecular weight is 254 g/mol. The Bertz CT molecular complexity index is 468. The predicted molar refractivity (Wildman–Crippen MR) is 60.6 cm³/mol. The first kappa shape index (κ1) is 13.7. The Hall–Kier alpha value is -2.38. The molecule has 8 heteroatoms. The fourth-order valence-corrected chi connectivity index (χ4v) is 1.31. The second kappa shape index (κ2) is 5.80. The minimum Gasteiger partial charge on any atom is -0.480 e. The van der Waals surface area contributed by atoms with E-state index in [1.807, 2.05) is 0 Å². The maximum absolute atomic E-state index is 11.6. The maximum atomic E-state index is 11.6. The van der Waals surface area contributed by atoms with E-state index < -0.39 is 23.8 Å².